The highest BCUT2D eigenvalue weighted by molar-refractivity contribution is 5.79. The van der Waals surface area contributed by atoms with Crippen molar-refractivity contribution in [1.29, 1.82) is 0 Å². The van der Waals surface area contributed by atoms with E-state index in [-0.39, 0.29) is 0 Å². The summed E-state index contributed by atoms with van der Waals surface area (Å²) in [7, 11) is 3.99. The topological polar surface area (TPSA) is 42.9 Å². The van der Waals surface area contributed by atoms with Crippen LogP contribution in [0.25, 0.3) is 0 Å². The van der Waals surface area contributed by atoms with Gasteiger partial charge in [-0.2, -0.15) is 0 Å². The van der Waals surface area contributed by atoms with Gasteiger partial charge in [0.1, 0.15) is 0 Å². The number of nitrogens with zero attached hydrogens (tertiary/aromatic N) is 3. The number of hydrogen-bond donors (Lipinski definition) is 2. The Balaban J connectivity index is 2.23. The van der Waals surface area contributed by atoms with E-state index in [4.69, 9.17) is 0 Å². The number of hydrogen-bond acceptors (Lipinski definition) is 3. The molecule has 118 valence electrons. The maximum absolute atomic E-state index is 4.30. The van der Waals surface area contributed by atoms with Crippen LogP contribution in [0.5, 0.6) is 0 Å². The maximum Gasteiger partial charge on any atom is 0.191 e. The van der Waals surface area contributed by atoms with Crippen LogP contribution in [0.1, 0.15) is 33.6 Å². The molecule has 5 heteroatoms. The van der Waals surface area contributed by atoms with Gasteiger partial charge in [0.2, 0.25) is 0 Å². The van der Waals surface area contributed by atoms with E-state index in [1.807, 2.05) is 7.05 Å². The summed E-state index contributed by atoms with van der Waals surface area (Å²) in [5.74, 6) is 0.921. The Morgan fingerprint density at radius 2 is 2.15 bits per heavy atom. The molecule has 1 heterocycles. The molecule has 0 aromatic carbocycles. The highest BCUT2D eigenvalue weighted by Crippen LogP contribution is 2.15. The molecule has 2 N–H and O–H groups in total. The number of likely N-dealkylation sites (tertiary alicyclic amines) is 1. The summed E-state index contributed by atoms with van der Waals surface area (Å²) in [6.07, 6.45) is 2.62. The highest BCUT2D eigenvalue weighted by Gasteiger charge is 2.22. The average Bonchev–Trinajstić information content (AvgIpc) is 2.89. The van der Waals surface area contributed by atoms with Crippen LogP contribution in [-0.4, -0.2) is 74.7 Å². The summed E-state index contributed by atoms with van der Waals surface area (Å²) >= 11 is 0. The standard InChI is InChI=1S/C15H33N5/c1-6-20-10-7-8-14(20)12-18-15(16-4)17-9-11-19(5)13(2)3/h13-14H,6-12H2,1-5H3,(H2,16,17,18). The third-order valence-corrected chi connectivity index (χ3v) is 4.27. The van der Waals surface area contributed by atoms with E-state index in [2.05, 4.69) is 53.2 Å². The molecule has 1 unspecified atom stereocenters. The Labute approximate surface area is 124 Å². The van der Waals surface area contributed by atoms with Gasteiger partial charge in [-0.15, -0.1) is 0 Å². The van der Waals surface area contributed by atoms with E-state index in [1.165, 1.54) is 19.4 Å². The van der Waals surface area contributed by atoms with Crippen molar-refractivity contribution in [2.24, 2.45) is 4.99 Å². The van der Waals surface area contributed by atoms with E-state index < -0.39 is 0 Å². The first kappa shape index (κ1) is 17.2. The molecular weight excluding hydrogens is 250 g/mol. The molecule has 0 aromatic heterocycles. The van der Waals surface area contributed by atoms with Gasteiger partial charge >= 0.3 is 0 Å². The van der Waals surface area contributed by atoms with E-state index in [0.717, 1.165) is 32.1 Å². The number of likely N-dealkylation sites (N-methyl/N-ethyl adjacent to an activating group) is 2. The smallest absolute Gasteiger partial charge is 0.191 e. The van der Waals surface area contributed by atoms with E-state index >= 15 is 0 Å². The van der Waals surface area contributed by atoms with Crippen LogP contribution < -0.4 is 10.6 Å². The van der Waals surface area contributed by atoms with Crippen molar-refractivity contribution >= 4 is 5.96 Å². The predicted octanol–water partition coefficient (Wildman–Crippen LogP) is 0.976. The zero-order valence-corrected chi connectivity index (χ0v) is 13.9. The lowest BCUT2D eigenvalue weighted by molar-refractivity contribution is 0.266. The third-order valence-electron chi connectivity index (χ3n) is 4.27. The number of aliphatic imine (C=N–C) groups is 1. The second-order valence-electron chi connectivity index (χ2n) is 5.88. The third kappa shape index (κ3) is 5.67. The Morgan fingerprint density at radius 1 is 1.40 bits per heavy atom. The SMILES string of the molecule is CCN1CCCC1CNC(=NC)NCCN(C)C(C)C. The van der Waals surface area contributed by atoms with E-state index in [0.29, 0.717) is 12.1 Å². The van der Waals surface area contributed by atoms with Crippen molar-refractivity contribution in [1.82, 2.24) is 20.4 Å². The van der Waals surface area contributed by atoms with Gasteiger partial charge in [-0.05, 0) is 46.8 Å². The molecular formula is C15H33N5. The van der Waals surface area contributed by atoms with Crippen molar-refractivity contribution < 1.29 is 0 Å². The van der Waals surface area contributed by atoms with Crippen molar-refractivity contribution in [3.8, 4) is 0 Å². The summed E-state index contributed by atoms with van der Waals surface area (Å²) in [6.45, 7) is 12.0. The average molecular weight is 283 g/mol. The molecule has 1 rings (SSSR count). The van der Waals surface area contributed by atoms with Crippen molar-refractivity contribution in [2.75, 3.05) is 46.8 Å². The molecule has 1 fully saturated rings. The molecule has 0 saturated carbocycles. The zero-order chi connectivity index (χ0) is 15.0. The van der Waals surface area contributed by atoms with Crippen LogP contribution in [0.3, 0.4) is 0 Å². The highest BCUT2D eigenvalue weighted by atomic mass is 15.2. The van der Waals surface area contributed by atoms with Crippen molar-refractivity contribution in [3.05, 3.63) is 0 Å². The maximum atomic E-state index is 4.30. The molecule has 5 nitrogen and oxygen atoms in total. The van der Waals surface area contributed by atoms with Crippen LogP contribution in [0.2, 0.25) is 0 Å². The van der Waals surface area contributed by atoms with Crippen LogP contribution in [-0.2, 0) is 0 Å². The van der Waals surface area contributed by atoms with Gasteiger partial charge in [-0.1, -0.05) is 6.92 Å². The van der Waals surface area contributed by atoms with Crippen LogP contribution in [0.4, 0.5) is 0 Å². The van der Waals surface area contributed by atoms with Crippen molar-refractivity contribution in [2.45, 2.75) is 45.7 Å². The minimum Gasteiger partial charge on any atom is -0.355 e. The molecule has 1 atom stereocenters. The summed E-state index contributed by atoms with van der Waals surface area (Å²) < 4.78 is 0. The Morgan fingerprint density at radius 3 is 2.75 bits per heavy atom. The van der Waals surface area contributed by atoms with E-state index in [1.54, 1.807) is 0 Å². The summed E-state index contributed by atoms with van der Waals surface area (Å²) in [6, 6.07) is 1.25. The lowest BCUT2D eigenvalue weighted by Gasteiger charge is -2.25. The predicted molar refractivity (Wildman–Crippen MR) is 87.4 cm³/mol. The number of guanidine groups is 1. The van der Waals surface area contributed by atoms with Crippen LogP contribution >= 0.6 is 0 Å². The molecule has 1 aliphatic rings. The molecule has 0 aromatic rings. The lowest BCUT2D eigenvalue weighted by atomic mass is 10.2. The molecule has 1 saturated heterocycles. The van der Waals surface area contributed by atoms with Gasteiger partial charge in [0.05, 0.1) is 0 Å². The van der Waals surface area contributed by atoms with Gasteiger partial charge in [0.25, 0.3) is 0 Å². The Bertz CT molecular complexity index is 290. The largest absolute Gasteiger partial charge is 0.355 e. The van der Waals surface area contributed by atoms with Gasteiger partial charge < -0.3 is 15.5 Å². The minimum absolute atomic E-state index is 0.586. The first-order chi connectivity index (χ1) is 9.58. The Kier molecular flexibility index (Phi) is 7.92. The monoisotopic (exact) mass is 283 g/mol. The van der Waals surface area contributed by atoms with Gasteiger partial charge in [-0.3, -0.25) is 9.89 Å². The second kappa shape index (κ2) is 9.19. The van der Waals surface area contributed by atoms with Crippen LogP contribution in [0.15, 0.2) is 4.99 Å². The number of rotatable bonds is 7. The van der Waals surface area contributed by atoms with Gasteiger partial charge in [0.15, 0.2) is 5.96 Å². The molecule has 0 amide bonds. The van der Waals surface area contributed by atoms with Crippen molar-refractivity contribution in [3.63, 3.8) is 0 Å². The quantitative estimate of drug-likeness (QED) is 0.540. The lowest BCUT2D eigenvalue weighted by Crippen LogP contribution is -2.46. The fraction of sp³-hybridized carbons (Fsp3) is 0.933. The molecule has 0 bridgehead atoms. The van der Waals surface area contributed by atoms with Gasteiger partial charge in [0, 0.05) is 38.8 Å². The molecule has 20 heavy (non-hydrogen) atoms. The van der Waals surface area contributed by atoms with Crippen LogP contribution in [0, 0.1) is 0 Å². The fourth-order valence-corrected chi connectivity index (χ4v) is 2.59. The summed E-state index contributed by atoms with van der Waals surface area (Å²) in [4.78, 5) is 9.18. The minimum atomic E-state index is 0.586. The van der Waals surface area contributed by atoms with E-state index in [9.17, 15) is 0 Å². The molecule has 0 aliphatic carbocycles. The molecule has 0 radical (unpaired) electrons. The Hall–Kier alpha value is -0.810. The van der Waals surface area contributed by atoms with Gasteiger partial charge in [-0.25, -0.2) is 0 Å². The first-order valence-electron chi connectivity index (χ1n) is 7.97. The normalized spacial score (nSPS) is 20.9. The molecule has 1 aliphatic heterocycles. The molecule has 0 spiro atoms. The summed E-state index contributed by atoms with van der Waals surface area (Å²) in [5, 5.41) is 6.85. The second-order valence-corrected chi connectivity index (χ2v) is 5.88. The first-order valence-corrected chi connectivity index (χ1v) is 7.97. The number of nitrogens with one attached hydrogen (secondary N) is 2. The summed E-state index contributed by atoms with van der Waals surface area (Å²) in [5.41, 5.74) is 0. The fourth-order valence-electron chi connectivity index (χ4n) is 2.59. The zero-order valence-electron chi connectivity index (χ0n) is 13.9.